The molecule has 0 N–H and O–H groups in total. The van der Waals surface area contributed by atoms with E-state index in [9.17, 15) is 18.0 Å². The molecule has 0 spiro atoms. The van der Waals surface area contributed by atoms with E-state index in [0.717, 1.165) is 11.1 Å². The minimum absolute atomic E-state index is 0.103. The summed E-state index contributed by atoms with van der Waals surface area (Å²) in [6, 6.07) is 17.8. The van der Waals surface area contributed by atoms with Crippen molar-refractivity contribution < 1.29 is 27.4 Å². The third-order valence-corrected chi connectivity index (χ3v) is 4.80. The SMILES string of the molecule is CC(OC(=O)Cc1ccc(-c2ncn(-c3ccc(OC(F)(F)F)cc3)n2)cc1)c1ccccn1. The fraction of sp³-hybridized carbons (Fsp3) is 0.167. The fourth-order valence-electron chi connectivity index (χ4n) is 3.17. The summed E-state index contributed by atoms with van der Waals surface area (Å²) < 4.78 is 47.7. The van der Waals surface area contributed by atoms with Crippen molar-refractivity contribution in [2.24, 2.45) is 0 Å². The number of esters is 1. The lowest BCUT2D eigenvalue weighted by Crippen LogP contribution is -2.17. The molecule has 0 amide bonds. The second-order valence-electron chi connectivity index (χ2n) is 7.31. The summed E-state index contributed by atoms with van der Waals surface area (Å²) in [5.41, 5.74) is 2.68. The largest absolute Gasteiger partial charge is 0.573 e. The van der Waals surface area contributed by atoms with E-state index in [1.807, 2.05) is 6.07 Å². The van der Waals surface area contributed by atoms with Crippen molar-refractivity contribution >= 4 is 5.97 Å². The molecule has 0 saturated heterocycles. The minimum atomic E-state index is -4.75. The van der Waals surface area contributed by atoms with Crippen LogP contribution in [0.2, 0.25) is 0 Å². The Hall–Kier alpha value is -4.21. The van der Waals surface area contributed by atoms with Gasteiger partial charge in [0, 0.05) is 11.8 Å². The average Bonchev–Trinajstić information content (AvgIpc) is 3.30. The fourth-order valence-corrected chi connectivity index (χ4v) is 3.17. The standard InChI is InChI=1S/C24H19F3N4O3/c1-16(21-4-2-3-13-28-21)33-22(32)14-17-5-7-18(8-6-17)23-29-15-31(30-23)19-9-11-20(12-10-19)34-24(25,26)27/h2-13,15-16H,14H2,1H3. The summed E-state index contributed by atoms with van der Waals surface area (Å²) in [6.45, 7) is 1.77. The number of hydrogen-bond donors (Lipinski definition) is 0. The second-order valence-corrected chi connectivity index (χ2v) is 7.31. The Kier molecular flexibility index (Phi) is 6.58. The molecular formula is C24H19F3N4O3. The number of hydrogen-bond acceptors (Lipinski definition) is 6. The Balaban J connectivity index is 1.37. The third-order valence-electron chi connectivity index (χ3n) is 4.80. The number of halogens is 3. The average molecular weight is 468 g/mol. The van der Waals surface area contributed by atoms with Crippen LogP contribution in [-0.2, 0) is 16.0 Å². The van der Waals surface area contributed by atoms with Crippen molar-refractivity contribution in [1.82, 2.24) is 19.7 Å². The number of ether oxygens (including phenoxy) is 2. The number of pyridine rings is 1. The summed E-state index contributed by atoms with van der Waals surface area (Å²) in [7, 11) is 0. The molecule has 34 heavy (non-hydrogen) atoms. The van der Waals surface area contributed by atoms with Crippen LogP contribution < -0.4 is 4.74 Å². The normalized spacial score (nSPS) is 12.2. The molecule has 174 valence electrons. The summed E-state index contributed by atoms with van der Waals surface area (Å²) in [5, 5.41) is 4.36. The van der Waals surface area contributed by atoms with Crippen LogP contribution in [0.3, 0.4) is 0 Å². The van der Waals surface area contributed by atoms with E-state index in [1.165, 1.54) is 35.3 Å². The third kappa shape index (κ3) is 5.97. The van der Waals surface area contributed by atoms with Crippen LogP contribution in [0, 0.1) is 0 Å². The van der Waals surface area contributed by atoms with Crippen molar-refractivity contribution in [1.29, 1.82) is 0 Å². The van der Waals surface area contributed by atoms with Crippen molar-refractivity contribution in [3.63, 3.8) is 0 Å². The molecule has 0 bridgehead atoms. The minimum Gasteiger partial charge on any atom is -0.456 e. The van der Waals surface area contributed by atoms with Gasteiger partial charge in [0.1, 0.15) is 18.2 Å². The van der Waals surface area contributed by atoms with E-state index < -0.39 is 12.5 Å². The second kappa shape index (κ2) is 9.74. The highest BCUT2D eigenvalue weighted by molar-refractivity contribution is 5.73. The van der Waals surface area contributed by atoms with Crippen molar-refractivity contribution in [2.45, 2.75) is 25.8 Å². The van der Waals surface area contributed by atoms with Crippen molar-refractivity contribution in [3.8, 4) is 22.8 Å². The van der Waals surface area contributed by atoms with Gasteiger partial charge in [-0.15, -0.1) is 18.3 Å². The number of rotatable bonds is 7. The highest BCUT2D eigenvalue weighted by atomic mass is 19.4. The van der Waals surface area contributed by atoms with Gasteiger partial charge in [-0.1, -0.05) is 30.3 Å². The monoisotopic (exact) mass is 468 g/mol. The number of carbonyl (C=O) groups excluding carboxylic acids is 1. The number of nitrogens with zero attached hydrogens (tertiary/aromatic N) is 4. The molecule has 0 radical (unpaired) electrons. The van der Waals surface area contributed by atoms with Gasteiger partial charge in [-0.25, -0.2) is 9.67 Å². The molecule has 1 atom stereocenters. The molecule has 10 heteroatoms. The summed E-state index contributed by atoms with van der Waals surface area (Å²) in [4.78, 5) is 20.7. The van der Waals surface area contributed by atoms with Gasteiger partial charge in [-0.2, -0.15) is 0 Å². The first kappa shape index (κ1) is 23.0. The topological polar surface area (TPSA) is 79.1 Å². The molecule has 1 unspecified atom stereocenters. The molecule has 0 aliphatic carbocycles. The zero-order chi connectivity index (χ0) is 24.1. The van der Waals surface area contributed by atoms with Crippen LogP contribution in [0.1, 0.15) is 24.3 Å². The molecule has 4 rings (SSSR count). The van der Waals surface area contributed by atoms with Gasteiger partial charge in [0.05, 0.1) is 17.8 Å². The molecule has 7 nitrogen and oxygen atoms in total. The van der Waals surface area contributed by atoms with Gasteiger partial charge in [0.25, 0.3) is 0 Å². The maximum absolute atomic E-state index is 12.3. The number of alkyl halides is 3. The van der Waals surface area contributed by atoms with E-state index in [1.54, 1.807) is 49.5 Å². The Labute approximate surface area is 192 Å². The summed E-state index contributed by atoms with van der Waals surface area (Å²) >= 11 is 0. The van der Waals surface area contributed by atoms with Gasteiger partial charge in [-0.05, 0) is 48.9 Å². The summed E-state index contributed by atoms with van der Waals surface area (Å²) in [5.74, 6) is -0.264. The van der Waals surface area contributed by atoms with Crippen molar-refractivity contribution in [3.05, 3.63) is 90.5 Å². The molecule has 0 fully saturated rings. The maximum atomic E-state index is 12.3. The predicted octanol–water partition coefficient (Wildman–Crippen LogP) is 5.07. The van der Waals surface area contributed by atoms with E-state index >= 15 is 0 Å². The zero-order valence-corrected chi connectivity index (χ0v) is 17.9. The molecule has 0 aliphatic rings. The molecular weight excluding hydrogens is 449 g/mol. The van der Waals surface area contributed by atoms with Crippen LogP contribution in [0.15, 0.2) is 79.3 Å². The van der Waals surface area contributed by atoms with E-state index in [0.29, 0.717) is 17.2 Å². The lowest BCUT2D eigenvalue weighted by atomic mass is 10.1. The predicted molar refractivity (Wildman–Crippen MR) is 116 cm³/mol. The molecule has 4 aromatic rings. The van der Waals surface area contributed by atoms with Gasteiger partial charge in [0.2, 0.25) is 0 Å². The quantitative estimate of drug-likeness (QED) is 0.352. The Morgan fingerprint density at radius 1 is 1.00 bits per heavy atom. The van der Waals surface area contributed by atoms with Crippen molar-refractivity contribution in [2.75, 3.05) is 0 Å². The van der Waals surface area contributed by atoms with E-state index in [2.05, 4.69) is 19.8 Å². The molecule has 2 heterocycles. The molecule has 0 saturated carbocycles. The van der Waals surface area contributed by atoms with Crippen LogP contribution in [-0.4, -0.2) is 32.1 Å². The molecule has 2 aromatic heterocycles. The zero-order valence-electron chi connectivity index (χ0n) is 17.9. The highest BCUT2D eigenvalue weighted by Crippen LogP contribution is 2.24. The molecule has 0 aliphatic heterocycles. The van der Waals surface area contributed by atoms with Crippen LogP contribution in [0.5, 0.6) is 5.75 Å². The first-order valence-corrected chi connectivity index (χ1v) is 10.2. The Bertz CT molecular complexity index is 1240. The lowest BCUT2D eigenvalue weighted by molar-refractivity contribution is -0.274. The van der Waals surface area contributed by atoms with E-state index in [4.69, 9.17) is 4.74 Å². The highest BCUT2D eigenvalue weighted by Gasteiger charge is 2.31. The molecule has 2 aromatic carbocycles. The summed E-state index contributed by atoms with van der Waals surface area (Å²) in [6.07, 6.45) is -1.99. The van der Waals surface area contributed by atoms with Gasteiger partial charge >= 0.3 is 12.3 Å². The van der Waals surface area contributed by atoms with Gasteiger partial charge in [-0.3, -0.25) is 9.78 Å². The first-order chi connectivity index (χ1) is 16.3. The van der Waals surface area contributed by atoms with Crippen LogP contribution in [0.4, 0.5) is 13.2 Å². The Morgan fingerprint density at radius 2 is 1.74 bits per heavy atom. The maximum Gasteiger partial charge on any atom is 0.573 e. The van der Waals surface area contributed by atoms with Gasteiger partial charge in [0.15, 0.2) is 5.82 Å². The van der Waals surface area contributed by atoms with Crippen LogP contribution >= 0.6 is 0 Å². The van der Waals surface area contributed by atoms with Crippen LogP contribution in [0.25, 0.3) is 17.1 Å². The first-order valence-electron chi connectivity index (χ1n) is 10.2. The van der Waals surface area contributed by atoms with E-state index in [-0.39, 0.29) is 18.1 Å². The lowest BCUT2D eigenvalue weighted by Gasteiger charge is -2.12. The smallest absolute Gasteiger partial charge is 0.456 e. The Morgan fingerprint density at radius 3 is 2.38 bits per heavy atom. The van der Waals surface area contributed by atoms with Gasteiger partial charge < -0.3 is 9.47 Å². The number of carbonyl (C=O) groups is 1. The number of benzene rings is 2. The number of aromatic nitrogens is 4.